The lowest BCUT2D eigenvalue weighted by atomic mass is 9.98. The molecule has 2 aliphatic rings. The van der Waals surface area contributed by atoms with Crippen LogP contribution in [0.2, 0.25) is 0 Å². The lowest BCUT2D eigenvalue weighted by molar-refractivity contribution is -0.138. The van der Waals surface area contributed by atoms with Crippen LogP contribution in [0.25, 0.3) is 0 Å². The van der Waals surface area contributed by atoms with Crippen LogP contribution in [-0.4, -0.2) is 94.6 Å². The summed E-state index contributed by atoms with van der Waals surface area (Å²) in [5, 5.41) is 0. The summed E-state index contributed by atoms with van der Waals surface area (Å²) in [5.74, 6) is 0.298. The van der Waals surface area contributed by atoms with Gasteiger partial charge in [0, 0.05) is 45.3 Å². The Hall–Kier alpha value is -2.53. The van der Waals surface area contributed by atoms with Gasteiger partial charge < -0.3 is 24.0 Å². The fraction of sp³-hybridized carbons (Fsp3) is 0.619. The summed E-state index contributed by atoms with van der Waals surface area (Å²) in [7, 11) is -0.850. The number of carbonyl (C=O) groups is 2. The molecule has 2 fully saturated rings. The molecule has 178 valence electrons. The number of hydrogen-bond donors (Lipinski definition) is 0. The Labute approximate surface area is 189 Å². The standard InChI is InChI=1S/C21H31N3O7S/c1-4-31-21(26)23-12-10-22(11-13-23)20(25)16-6-5-9-24(15-16)32(27,28)17-7-8-18(29-2)19(14-17)30-3/h7-8,14,16H,4-6,9-13,15H2,1-3H3/t16-/m1/s1. The van der Waals surface area contributed by atoms with Crippen molar-refractivity contribution in [3.05, 3.63) is 18.2 Å². The molecule has 0 unspecified atom stereocenters. The third-order valence-electron chi connectivity index (χ3n) is 5.84. The van der Waals surface area contributed by atoms with E-state index in [0.717, 1.165) is 0 Å². The van der Waals surface area contributed by atoms with Crippen LogP contribution in [0.5, 0.6) is 11.5 Å². The van der Waals surface area contributed by atoms with Crippen molar-refractivity contribution in [3.8, 4) is 11.5 Å². The SMILES string of the molecule is CCOC(=O)N1CCN(C(=O)[C@@H]2CCCN(S(=O)(=O)c3ccc(OC)c(OC)c3)C2)CC1. The van der Waals surface area contributed by atoms with E-state index in [1.165, 1.54) is 30.7 Å². The average Bonchev–Trinajstić information content (AvgIpc) is 2.83. The minimum absolute atomic E-state index is 0.0688. The van der Waals surface area contributed by atoms with Gasteiger partial charge in [0.1, 0.15) is 0 Å². The van der Waals surface area contributed by atoms with Gasteiger partial charge >= 0.3 is 6.09 Å². The number of hydrogen-bond acceptors (Lipinski definition) is 7. The van der Waals surface area contributed by atoms with Crippen LogP contribution in [0, 0.1) is 5.92 Å². The van der Waals surface area contributed by atoms with E-state index in [4.69, 9.17) is 14.2 Å². The van der Waals surface area contributed by atoms with Gasteiger partial charge in [-0.15, -0.1) is 0 Å². The van der Waals surface area contributed by atoms with Gasteiger partial charge in [0.05, 0.1) is 31.6 Å². The molecule has 0 aliphatic carbocycles. The van der Waals surface area contributed by atoms with E-state index < -0.39 is 15.9 Å². The molecule has 0 aromatic heterocycles. The first-order valence-electron chi connectivity index (χ1n) is 10.7. The van der Waals surface area contributed by atoms with Gasteiger partial charge in [-0.05, 0) is 31.9 Å². The zero-order valence-electron chi connectivity index (χ0n) is 18.8. The van der Waals surface area contributed by atoms with Gasteiger partial charge in [0.25, 0.3) is 0 Å². The third-order valence-corrected chi connectivity index (χ3v) is 7.70. The number of sulfonamides is 1. The van der Waals surface area contributed by atoms with Gasteiger partial charge in [-0.1, -0.05) is 0 Å². The Balaban J connectivity index is 1.66. The van der Waals surface area contributed by atoms with Crippen LogP contribution in [0.4, 0.5) is 4.79 Å². The number of piperidine rings is 1. The van der Waals surface area contributed by atoms with Crippen molar-refractivity contribution >= 4 is 22.0 Å². The minimum Gasteiger partial charge on any atom is -0.493 e. The monoisotopic (exact) mass is 469 g/mol. The summed E-state index contributed by atoms with van der Waals surface area (Å²) in [6.45, 7) is 4.20. The summed E-state index contributed by atoms with van der Waals surface area (Å²) in [6, 6.07) is 4.48. The van der Waals surface area contributed by atoms with Crippen LogP contribution in [0.15, 0.2) is 23.1 Å². The predicted octanol–water partition coefficient (Wildman–Crippen LogP) is 1.41. The van der Waals surface area contributed by atoms with Crippen molar-refractivity contribution in [2.75, 3.05) is 60.1 Å². The maximum atomic E-state index is 13.2. The molecule has 0 bridgehead atoms. The van der Waals surface area contributed by atoms with Gasteiger partial charge in [0.2, 0.25) is 15.9 Å². The Morgan fingerprint density at radius 2 is 1.66 bits per heavy atom. The highest BCUT2D eigenvalue weighted by molar-refractivity contribution is 7.89. The molecular formula is C21H31N3O7S. The number of benzene rings is 1. The van der Waals surface area contributed by atoms with Crippen molar-refractivity contribution in [2.45, 2.75) is 24.7 Å². The average molecular weight is 470 g/mol. The summed E-state index contributed by atoms with van der Waals surface area (Å²) < 4.78 is 43.3. The summed E-state index contributed by atoms with van der Waals surface area (Å²) in [6.07, 6.45) is 0.866. The number of carbonyl (C=O) groups excluding carboxylic acids is 2. The van der Waals surface area contributed by atoms with E-state index in [1.54, 1.807) is 22.8 Å². The molecule has 0 saturated carbocycles. The fourth-order valence-corrected chi connectivity index (χ4v) is 5.61. The number of ether oxygens (including phenoxy) is 3. The molecule has 0 spiro atoms. The molecule has 0 radical (unpaired) electrons. The molecule has 3 rings (SSSR count). The first-order valence-corrected chi connectivity index (χ1v) is 12.2. The lowest BCUT2D eigenvalue weighted by Gasteiger charge is -2.38. The van der Waals surface area contributed by atoms with E-state index in [2.05, 4.69) is 0 Å². The number of rotatable bonds is 6. The molecule has 0 N–H and O–H groups in total. The second-order valence-corrected chi connectivity index (χ2v) is 9.67. The first kappa shape index (κ1) is 24.1. The van der Waals surface area contributed by atoms with Crippen molar-refractivity contribution in [1.82, 2.24) is 14.1 Å². The van der Waals surface area contributed by atoms with Gasteiger partial charge in [-0.2, -0.15) is 4.31 Å². The Kier molecular flexibility index (Phi) is 7.83. The number of piperazine rings is 1. The largest absolute Gasteiger partial charge is 0.493 e. The van der Waals surface area contributed by atoms with Gasteiger partial charge in [-0.25, -0.2) is 13.2 Å². The van der Waals surface area contributed by atoms with E-state index in [9.17, 15) is 18.0 Å². The summed E-state index contributed by atoms with van der Waals surface area (Å²) in [4.78, 5) is 28.3. The molecule has 2 heterocycles. The Bertz CT molecular complexity index is 929. The lowest BCUT2D eigenvalue weighted by Crippen LogP contribution is -2.54. The number of nitrogens with zero attached hydrogens (tertiary/aromatic N) is 3. The molecule has 2 aliphatic heterocycles. The van der Waals surface area contributed by atoms with E-state index in [0.29, 0.717) is 63.7 Å². The zero-order chi connectivity index (χ0) is 23.3. The van der Waals surface area contributed by atoms with Crippen LogP contribution in [0.3, 0.4) is 0 Å². The zero-order valence-corrected chi connectivity index (χ0v) is 19.6. The Morgan fingerprint density at radius 3 is 2.28 bits per heavy atom. The predicted molar refractivity (Wildman–Crippen MR) is 116 cm³/mol. The van der Waals surface area contributed by atoms with Crippen LogP contribution in [-0.2, 0) is 19.6 Å². The topological polar surface area (TPSA) is 106 Å². The molecule has 32 heavy (non-hydrogen) atoms. The fourth-order valence-electron chi connectivity index (χ4n) is 4.07. The highest BCUT2D eigenvalue weighted by Crippen LogP contribution is 2.32. The normalized spacial score (nSPS) is 20.0. The van der Waals surface area contributed by atoms with E-state index in [-0.39, 0.29) is 23.4 Å². The molecule has 2 saturated heterocycles. The van der Waals surface area contributed by atoms with E-state index >= 15 is 0 Å². The van der Waals surface area contributed by atoms with Crippen LogP contribution in [0.1, 0.15) is 19.8 Å². The van der Waals surface area contributed by atoms with Gasteiger partial charge in [0.15, 0.2) is 11.5 Å². The highest BCUT2D eigenvalue weighted by Gasteiger charge is 2.36. The number of methoxy groups -OCH3 is 2. The maximum absolute atomic E-state index is 13.2. The molecule has 10 nitrogen and oxygen atoms in total. The van der Waals surface area contributed by atoms with Crippen molar-refractivity contribution in [2.24, 2.45) is 5.92 Å². The quantitative estimate of drug-likeness (QED) is 0.620. The Morgan fingerprint density at radius 1 is 1.00 bits per heavy atom. The molecule has 1 atom stereocenters. The second-order valence-electron chi connectivity index (χ2n) is 7.73. The summed E-state index contributed by atoms with van der Waals surface area (Å²) in [5.41, 5.74) is 0. The van der Waals surface area contributed by atoms with Crippen LogP contribution < -0.4 is 9.47 Å². The molecular weight excluding hydrogens is 438 g/mol. The van der Waals surface area contributed by atoms with Crippen LogP contribution >= 0.6 is 0 Å². The minimum atomic E-state index is -3.79. The molecule has 2 amide bonds. The molecule has 1 aromatic rings. The smallest absolute Gasteiger partial charge is 0.409 e. The highest BCUT2D eigenvalue weighted by atomic mass is 32.2. The van der Waals surface area contributed by atoms with E-state index in [1.807, 2.05) is 0 Å². The number of amides is 2. The third kappa shape index (κ3) is 5.09. The first-order chi connectivity index (χ1) is 15.3. The molecule has 11 heteroatoms. The summed E-state index contributed by atoms with van der Waals surface area (Å²) >= 11 is 0. The molecule has 1 aromatic carbocycles. The van der Waals surface area contributed by atoms with Crippen molar-refractivity contribution in [3.63, 3.8) is 0 Å². The van der Waals surface area contributed by atoms with Crippen molar-refractivity contribution in [1.29, 1.82) is 0 Å². The second kappa shape index (κ2) is 10.4. The van der Waals surface area contributed by atoms with Gasteiger partial charge in [-0.3, -0.25) is 4.79 Å². The maximum Gasteiger partial charge on any atom is 0.409 e. The van der Waals surface area contributed by atoms with Crippen molar-refractivity contribution < 1.29 is 32.2 Å².